The normalized spacial score (nSPS) is 10.7. The van der Waals surface area contributed by atoms with Crippen molar-refractivity contribution in [3.05, 3.63) is 53.6 Å². The molecule has 3 aromatic rings. The monoisotopic (exact) mass is 292 g/mol. The number of H-pyrrole nitrogens is 1. The molecular formula is C18H16N2S. The van der Waals surface area contributed by atoms with E-state index >= 15 is 0 Å². The predicted octanol–water partition coefficient (Wildman–Crippen LogP) is 5.07. The number of benzene rings is 2. The molecule has 104 valence electrons. The third-order valence-corrected chi connectivity index (χ3v) is 4.58. The number of hydrogen-bond donors (Lipinski definition) is 1. The summed E-state index contributed by atoms with van der Waals surface area (Å²) >= 11 is 1.60. The molecule has 2 aromatic carbocycles. The van der Waals surface area contributed by atoms with Gasteiger partial charge in [-0.1, -0.05) is 42.0 Å². The number of nitrogens with zero attached hydrogens (tertiary/aromatic N) is 1. The van der Waals surface area contributed by atoms with Gasteiger partial charge in [0.05, 0.1) is 17.5 Å². The quantitative estimate of drug-likeness (QED) is 0.685. The van der Waals surface area contributed by atoms with E-state index in [2.05, 4.69) is 55.2 Å². The van der Waals surface area contributed by atoms with Crippen LogP contribution in [-0.4, -0.2) is 10.7 Å². The third kappa shape index (κ3) is 2.55. The van der Waals surface area contributed by atoms with Crippen LogP contribution >= 0.6 is 11.8 Å². The zero-order valence-electron chi connectivity index (χ0n) is 12.1. The van der Waals surface area contributed by atoms with Crippen LogP contribution in [0.3, 0.4) is 0 Å². The number of para-hydroxylation sites is 1. The molecule has 0 aliphatic carbocycles. The van der Waals surface area contributed by atoms with E-state index in [1.165, 1.54) is 27.0 Å². The lowest BCUT2D eigenvalue weighted by atomic mass is 10.0. The van der Waals surface area contributed by atoms with Crippen LogP contribution in [0, 0.1) is 25.2 Å². The number of fused-ring (bicyclic) bond motifs is 1. The Morgan fingerprint density at radius 1 is 1.14 bits per heavy atom. The molecule has 3 rings (SSSR count). The van der Waals surface area contributed by atoms with Crippen molar-refractivity contribution in [3.63, 3.8) is 0 Å². The summed E-state index contributed by atoms with van der Waals surface area (Å²) in [5, 5.41) is 10.1. The number of aromatic nitrogens is 1. The van der Waals surface area contributed by atoms with Gasteiger partial charge in [-0.3, -0.25) is 0 Å². The molecule has 0 aliphatic heterocycles. The summed E-state index contributed by atoms with van der Waals surface area (Å²) in [6.45, 7) is 4.24. The van der Waals surface area contributed by atoms with E-state index in [0.717, 1.165) is 11.2 Å². The standard InChI is InChI=1S/C18H16N2S/c1-12-7-8-14(13(2)11-12)17-18(21-10-9-19)15-5-3-4-6-16(15)20-17/h3-8,11,20H,10H2,1-2H3. The first-order valence-electron chi connectivity index (χ1n) is 6.89. The van der Waals surface area contributed by atoms with Crippen molar-refractivity contribution < 1.29 is 0 Å². The molecule has 2 nitrogen and oxygen atoms in total. The highest BCUT2D eigenvalue weighted by atomic mass is 32.2. The number of aromatic amines is 1. The molecule has 0 saturated heterocycles. The molecule has 0 spiro atoms. The summed E-state index contributed by atoms with van der Waals surface area (Å²) < 4.78 is 0. The van der Waals surface area contributed by atoms with Crippen molar-refractivity contribution in [2.45, 2.75) is 18.7 Å². The zero-order valence-corrected chi connectivity index (χ0v) is 12.9. The first-order chi connectivity index (χ1) is 10.2. The first kappa shape index (κ1) is 13.8. The maximum atomic E-state index is 8.91. The minimum absolute atomic E-state index is 0.458. The summed E-state index contributed by atoms with van der Waals surface area (Å²) in [6.07, 6.45) is 0. The number of nitriles is 1. The number of hydrogen-bond acceptors (Lipinski definition) is 2. The molecular weight excluding hydrogens is 276 g/mol. The fourth-order valence-corrected chi connectivity index (χ4v) is 3.50. The van der Waals surface area contributed by atoms with Gasteiger partial charge < -0.3 is 4.98 Å². The van der Waals surface area contributed by atoms with Crippen LogP contribution in [0.2, 0.25) is 0 Å². The number of aryl methyl sites for hydroxylation is 2. The molecule has 0 unspecified atom stereocenters. The van der Waals surface area contributed by atoms with Gasteiger partial charge in [0.2, 0.25) is 0 Å². The summed E-state index contributed by atoms with van der Waals surface area (Å²) in [7, 11) is 0. The maximum Gasteiger partial charge on any atom is 0.0856 e. The van der Waals surface area contributed by atoms with Crippen molar-refractivity contribution in [1.29, 1.82) is 5.26 Å². The Bertz CT molecular complexity index is 840. The van der Waals surface area contributed by atoms with Crippen molar-refractivity contribution >= 4 is 22.7 Å². The average molecular weight is 292 g/mol. The molecule has 1 aromatic heterocycles. The van der Waals surface area contributed by atoms with E-state index in [-0.39, 0.29) is 0 Å². The van der Waals surface area contributed by atoms with Crippen LogP contribution < -0.4 is 0 Å². The first-order valence-corrected chi connectivity index (χ1v) is 7.87. The third-order valence-electron chi connectivity index (χ3n) is 3.59. The molecule has 0 fully saturated rings. The molecule has 0 radical (unpaired) electrons. The second kappa shape index (κ2) is 5.67. The van der Waals surface area contributed by atoms with Gasteiger partial charge in [0.15, 0.2) is 0 Å². The molecule has 0 bridgehead atoms. The van der Waals surface area contributed by atoms with E-state index in [1.807, 2.05) is 12.1 Å². The van der Waals surface area contributed by atoms with Gasteiger partial charge in [-0.2, -0.15) is 5.26 Å². The second-order valence-corrected chi connectivity index (χ2v) is 6.13. The van der Waals surface area contributed by atoms with E-state index in [4.69, 9.17) is 5.26 Å². The fraction of sp³-hybridized carbons (Fsp3) is 0.167. The SMILES string of the molecule is Cc1ccc(-c2[nH]c3ccccc3c2SCC#N)c(C)c1. The van der Waals surface area contributed by atoms with Crippen LogP contribution in [0.25, 0.3) is 22.2 Å². The largest absolute Gasteiger partial charge is 0.354 e. The number of rotatable bonds is 3. The van der Waals surface area contributed by atoms with E-state index in [0.29, 0.717) is 5.75 Å². The summed E-state index contributed by atoms with van der Waals surface area (Å²) in [4.78, 5) is 4.69. The van der Waals surface area contributed by atoms with E-state index in [1.54, 1.807) is 11.8 Å². The lowest BCUT2D eigenvalue weighted by Crippen LogP contribution is -1.87. The van der Waals surface area contributed by atoms with Crippen molar-refractivity contribution in [3.8, 4) is 17.3 Å². The second-order valence-electron chi connectivity index (χ2n) is 5.14. The molecule has 0 saturated carbocycles. The lowest BCUT2D eigenvalue weighted by Gasteiger charge is -2.07. The van der Waals surface area contributed by atoms with E-state index in [9.17, 15) is 0 Å². The number of nitrogens with one attached hydrogen (secondary N) is 1. The Hall–Kier alpha value is -2.18. The highest BCUT2D eigenvalue weighted by Gasteiger charge is 2.14. The van der Waals surface area contributed by atoms with Gasteiger partial charge in [-0.05, 0) is 25.5 Å². The Morgan fingerprint density at radius 2 is 1.95 bits per heavy atom. The summed E-state index contributed by atoms with van der Waals surface area (Å²) in [5.41, 5.74) is 5.96. The van der Waals surface area contributed by atoms with Crippen LogP contribution in [0.5, 0.6) is 0 Å². The van der Waals surface area contributed by atoms with Gasteiger partial charge in [0.25, 0.3) is 0 Å². The van der Waals surface area contributed by atoms with Crippen molar-refractivity contribution in [2.24, 2.45) is 0 Å². The van der Waals surface area contributed by atoms with Gasteiger partial charge in [-0.25, -0.2) is 0 Å². The Labute approximate surface area is 128 Å². The molecule has 3 heteroatoms. The number of thioether (sulfide) groups is 1. The maximum absolute atomic E-state index is 8.91. The molecule has 0 aliphatic rings. The van der Waals surface area contributed by atoms with Crippen molar-refractivity contribution in [1.82, 2.24) is 4.98 Å². The van der Waals surface area contributed by atoms with Gasteiger partial charge in [0, 0.05) is 21.4 Å². The Morgan fingerprint density at radius 3 is 2.71 bits per heavy atom. The predicted molar refractivity (Wildman–Crippen MR) is 89.5 cm³/mol. The Balaban J connectivity index is 2.23. The Kier molecular flexibility index (Phi) is 3.72. The van der Waals surface area contributed by atoms with E-state index < -0.39 is 0 Å². The molecule has 21 heavy (non-hydrogen) atoms. The topological polar surface area (TPSA) is 39.6 Å². The molecule has 0 atom stereocenters. The zero-order chi connectivity index (χ0) is 14.8. The summed E-state index contributed by atoms with van der Waals surface area (Å²) in [5.74, 6) is 0.458. The lowest BCUT2D eigenvalue weighted by molar-refractivity contribution is 1.33. The minimum atomic E-state index is 0.458. The van der Waals surface area contributed by atoms with Gasteiger partial charge in [0.1, 0.15) is 0 Å². The van der Waals surface area contributed by atoms with Crippen LogP contribution in [0.1, 0.15) is 11.1 Å². The highest BCUT2D eigenvalue weighted by molar-refractivity contribution is 7.99. The minimum Gasteiger partial charge on any atom is -0.354 e. The highest BCUT2D eigenvalue weighted by Crippen LogP contribution is 2.38. The molecule has 1 N–H and O–H groups in total. The van der Waals surface area contributed by atoms with Crippen LogP contribution in [0.15, 0.2) is 47.4 Å². The fourth-order valence-electron chi connectivity index (χ4n) is 2.65. The molecule has 0 amide bonds. The van der Waals surface area contributed by atoms with Crippen LogP contribution in [-0.2, 0) is 0 Å². The molecule has 1 heterocycles. The average Bonchev–Trinajstić information content (AvgIpc) is 2.83. The summed E-state index contributed by atoms with van der Waals surface area (Å²) in [6, 6.07) is 17.0. The smallest absolute Gasteiger partial charge is 0.0856 e. The van der Waals surface area contributed by atoms with Crippen LogP contribution in [0.4, 0.5) is 0 Å². The van der Waals surface area contributed by atoms with Gasteiger partial charge in [-0.15, -0.1) is 11.8 Å². The van der Waals surface area contributed by atoms with Crippen molar-refractivity contribution in [2.75, 3.05) is 5.75 Å². The van der Waals surface area contributed by atoms with Gasteiger partial charge >= 0.3 is 0 Å².